The predicted molar refractivity (Wildman–Crippen MR) is 163 cm³/mol. The maximum Gasteiger partial charge on any atom is 0.319 e. The van der Waals surface area contributed by atoms with E-state index in [-0.39, 0.29) is 22.9 Å². The first-order chi connectivity index (χ1) is 20.9. The Kier molecular flexibility index (Phi) is 6.21. The smallest absolute Gasteiger partial charge is 0.319 e. The van der Waals surface area contributed by atoms with Crippen molar-refractivity contribution in [2.24, 2.45) is 0 Å². The average Bonchev–Trinajstić information content (AvgIpc) is 3.64. The second-order valence-electron chi connectivity index (χ2n) is 12.6. The minimum Gasteiger partial charge on any atom is -0.508 e. The summed E-state index contributed by atoms with van der Waals surface area (Å²) in [5.74, 6) is 2.91. The zero-order valence-electron chi connectivity index (χ0n) is 23.8. The van der Waals surface area contributed by atoms with E-state index in [1.165, 1.54) is 6.07 Å². The summed E-state index contributed by atoms with van der Waals surface area (Å²) in [4.78, 5) is 14.1. The molecule has 4 aromatic rings. The molecule has 4 fully saturated rings. The number of ether oxygens (including phenoxy) is 1. The first-order valence-electron chi connectivity index (χ1n) is 15.2. The number of alkyl halides is 1. The van der Waals surface area contributed by atoms with E-state index in [4.69, 9.17) is 21.1 Å². The molecule has 3 aromatic carbocycles. The lowest BCUT2D eigenvalue weighted by Crippen LogP contribution is -2.51. The topological polar surface area (TPSA) is 73.8 Å². The third-order valence-corrected chi connectivity index (χ3v) is 9.90. The van der Waals surface area contributed by atoms with Crippen LogP contribution < -0.4 is 15.0 Å². The summed E-state index contributed by atoms with van der Waals surface area (Å²) in [5.41, 5.74) is 1.58. The van der Waals surface area contributed by atoms with Crippen LogP contribution in [0.2, 0.25) is 0 Å². The molecule has 4 aliphatic rings. The van der Waals surface area contributed by atoms with Gasteiger partial charge in [0, 0.05) is 60.0 Å². The Morgan fingerprint density at radius 2 is 1.93 bits per heavy atom. The van der Waals surface area contributed by atoms with Gasteiger partial charge in [0.15, 0.2) is 0 Å². The molecular formula is C34H33F2N5O2. The van der Waals surface area contributed by atoms with Crippen molar-refractivity contribution in [3.63, 3.8) is 0 Å². The van der Waals surface area contributed by atoms with Crippen LogP contribution in [-0.4, -0.2) is 76.6 Å². The molecule has 0 amide bonds. The number of benzene rings is 3. The zero-order chi connectivity index (χ0) is 29.3. The van der Waals surface area contributed by atoms with Crippen molar-refractivity contribution in [1.29, 1.82) is 0 Å². The highest BCUT2D eigenvalue weighted by atomic mass is 19.1. The SMILES string of the molecule is C#Cc1cccc2cc(O)cc(-c3cc4nc(OC[C@@]56CCCN5C[C@H](F)C6)nc(N5C[C@H]6CC[C@@H](C5)N6)c4cc3F)c12. The van der Waals surface area contributed by atoms with Crippen LogP contribution in [0.3, 0.4) is 0 Å². The molecule has 4 aliphatic heterocycles. The van der Waals surface area contributed by atoms with Crippen LogP contribution in [0.25, 0.3) is 32.8 Å². The highest BCUT2D eigenvalue weighted by molar-refractivity contribution is 6.03. The lowest BCUT2D eigenvalue weighted by Gasteiger charge is -2.34. The van der Waals surface area contributed by atoms with Gasteiger partial charge >= 0.3 is 6.01 Å². The van der Waals surface area contributed by atoms with Gasteiger partial charge in [0.2, 0.25) is 0 Å². The molecule has 4 saturated heterocycles. The van der Waals surface area contributed by atoms with Gasteiger partial charge in [-0.05, 0) is 73.5 Å². The molecule has 8 rings (SSSR count). The number of aromatic hydroxyl groups is 1. The molecule has 1 aromatic heterocycles. The van der Waals surface area contributed by atoms with E-state index in [1.54, 1.807) is 18.2 Å². The van der Waals surface area contributed by atoms with Crippen molar-refractivity contribution >= 4 is 27.5 Å². The standard InChI is InChI=1S/C34H33F2N5O2/c1-2-20-5-3-6-21-11-25(42)12-27(31(20)21)26-14-30-28(13-29(26)36)32(40-17-23-7-8-24(18-40)37-23)39-33(38-30)43-19-34-9-4-10-41(34)16-22(35)15-34/h1,3,5-6,11-14,22-24,37,42H,4,7-10,15-19H2/t22-,23-,24+,34+/m1/s1. The van der Waals surface area contributed by atoms with Crippen LogP contribution >= 0.6 is 0 Å². The van der Waals surface area contributed by atoms with E-state index < -0.39 is 12.0 Å². The maximum absolute atomic E-state index is 16.2. The summed E-state index contributed by atoms with van der Waals surface area (Å²) >= 11 is 0. The number of terminal acetylenes is 1. The minimum atomic E-state index is -0.858. The normalized spacial score (nSPS) is 26.7. The number of nitrogens with one attached hydrogen (secondary N) is 1. The Morgan fingerprint density at radius 3 is 2.74 bits per heavy atom. The summed E-state index contributed by atoms with van der Waals surface area (Å²) in [7, 11) is 0. The number of hydrogen-bond acceptors (Lipinski definition) is 7. The lowest BCUT2D eigenvalue weighted by molar-refractivity contribution is 0.107. The monoisotopic (exact) mass is 581 g/mol. The van der Waals surface area contributed by atoms with E-state index in [2.05, 4.69) is 21.0 Å². The van der Waals surface area contributed by atoms with Gasteiger partial charge in [-0.1, -0.05) is 18.1 Å². The molecule has 0 saturated carbocycles. The van der Waals surface area contributed by atoms with E-state index in [1.807, 2.05) is 18.2 Å². The third kappa shape index (κ3) is 4.47. The number of fused-ring (bicyclic) bond motifs is 5. The largest absolute Gasteiger partial charge is 0.508 e. The highest BCUT2D eigenvalue weighted by Crippen LogP contribution is 2.42. The fraction of sp³-hybridized carbons (Fsp3) is 0.412. The van der Waals surface area contributed by atoms with Gasteiger partial charge in [0.1, 0.15) is 30.2 Å². The molecule has 0 unspecified atom stereocenters. The summed E-state index contributed by atoms with van der Waals surface area (Å²) in [6, 6.07) is 12.7. The molecule has 5 heterocycles. The Bertz CT molecular complexity index is 1800. The second kappa shape index (κ2) is 10.0. The highest BCUT2D eigenvalue weighted by Gasteiger charge is 2.49. The predicted octanol–water partition coefficient (Wildman–Crippen LogP) is 5.17. The molecule has 7 nitrogen and oxygen atoms in total. The number of hydrogen-bond donors (Lipinski definition) is 2. The van der Waals surface area contributed by atoms with Crippen molar-refractivity contribution in [2.45, 2.75) is 55.9 Å². The summed E-state index contributed by atoms with van der Waals surface area (Å²) in [6.45, 7) is 3.14. The molecule has 0 aliphatic carbocycles. The Balaban J connectivity index is 1.26. The molecule has 4 atom stereocenters. The van der Waals surface area contributed by atoms with Crippen molar-refractivity contribution in [3.05, 3.63) is 53.8 Å². The average molecular weight is 582 g/mol. The molecular weight excluding hydrogens is 548 g/mol. The molecule has 0 radical (unpaired) electrons. The molecule has 2 N–H and O–H groups in total. The molecule has 2 bridgehead atoms. The van der Waals surface area contributed by atoms with Gasteiger partial charge in [-0.3, -0.25) is 4.90 Å². The van der Waals surface area contributed by atoms with E-state index >= 15 is 4.39 Å². The number of phenols is 1. The van der Waals surface area contributed by atoms with Gasteiger partial charge in [0.05, 0.1) is 11.1 Å². The van der Waals surface area contributed by atoms with Crippen molar-refractivity contribution in [3.8, 4) is 35.2 Å². The third-order valence-electron chi connectivity index (χ3n) is 9.90. The van der Waals surface area contributed by atoms with Crippen LogP contribution in [0, 0.1) is 18.2 Å². The summed E-state index contributed by atoms with van der Waals surface area (Å²) in [6.07, 6.45) is 9.51. The quantitative estimate of drug-likeness (QED) is 0.315. The van der Waals surface area contributed by atoms with Gasteiger partial charge < -0.3 is 20.1 Å². The Morgan fingerprint density at radius 1 is 1.09 bits per heavy atom. The molecule has 9 heteroatoms. The minimum absolute atomic E-state index is 0.0166. The van der Waals surface area contributed by atoms with Gasteiger partial charge in [-0.2, -0.15) is 9.97 Å². The molecule has 0 spiro atoms. The van der Waals surface area contributed by atoms with Gasteiger partial charge in [0.25, 0.3) is 0 Å². The van der Waals surface area contributed by atoms with Crippen molar-refractivity contribution in [2.75, 3.05) is 37.7 Å². The van der Waals surface area contributed by atoms with E-state index in [0.717, 1.165) is 50.7 Å². The zero-order valence-corrected chi connectivity index (χ0v) is 23.8. The number of aromatic nitrogens is 2. The second-order valence-corrected chi connectivity index (χ2v) is 12.6. The number of rotatable bonds is 5. The van der Waals surface area contributed by atoms with Crippen LogP contribution in [0.15, 0.2) is 42.5 Å². The van der Waals surface area contributed by atoms with Crippen LogP contribution in [-0.2, 0) is 0 Å². The van der Waals surface area contributed by atoms with Crippen molar-refractivity contribution in [1.82, 2.24) is 20.2 Å². The fourth-order valence-electron chi connectivity index (χ4n) is 7.99. The van der Waals surface area contributed by atoms with Crippen LogP contribution in [0.4, 0.5) is 14.6 Å². The van der Waals surface area contributed by atoms with Crippen LogP contribution in [0.1, 0.15) is 37.7 Å². The molecule has 43 heavy (non-hydrogen) atoms. The fourth-order valence-corrected chi connectivity index (χ4v) is 7.99. The number of anilines is 1. The number of piperazine rings is 1. The summed E-state index contributed by atoms with van der Waals surface area (Å²) < 4.78 is 36.9. The lowest BCUT2D eigenvalue weighted by atomic mass is 9.93. The van der Waals surface area contributed by atoms with Gasteiger partial charge in [-0.15, -0.1) is 6.42 Å². The maximum atomic E-state index is 16.2. The first-order valence-corrected chi connectivity index (χ1v) is 15.2. The first kappa shape index (κ1) is 26.6. The van der Waals surface area contributed by atoms with E-state index in [0.29, 0.717) is 64.9 Å². The number of nitrogens with zero attached hydrogens (tertiary/aromatic N) is 4. The van der Waals surface area contributed by atoms with Gasteiger partial charge in [-0.25, -0.2) is 8.78 Å². The van der Waals surface area contributed by atoms with Crippen LogP contribution in [0.5, 0.6) is 11.8 Å². The Hall–Kier alpha value is -4.00. The molecule has 220 valence electrons. The Labute approximate surface area is 248 Å². The number of phenolic OH excluding ortho intramolecular Hbond substituents is 1. The number of halogens is 2. The summed E-state index contributed by atoms with van der Waals surface area (Å²) in [5, 5.41) is 16.2. The van der Waals surface area contributed by atoms with E-state index in [9.17, 15) is 9.50 Å². The van der Waals surface area contributed by atoms with Crippen molar-refractivity contribution < 1.29 is 18.6 Å².